The van der Waals surface area contributed by atoms with Crippen LogP contribution in [0.3, 0.4) is 0 Å². The first-order chi connectivity index (χ1) is 9.75. The fourth-order valence-corrected chi connectivity index (χ4v) is 3.17. The normalized spacial score (nSPS) is 18.2. The first kappa shape index (κ1) is 13.9. The van der Waals surface area contributed by atoms with Gasteiger partial charge in [0.2, 0.25) is 0 Å². The van der Waals surface area contributed by atoms with E-state index < -0.39 is 0 Å². The molecule has 0 fully saturated rings. The van der Waals surface area contributed by atoms with Crippen molar-refractivity contribution in [1.29, 1.82) is 0 Å². The molecule has 20 heavy (non-hydrogen) atoms. The molecule has 2 aromatic carbocycles. The van der Waals surface area contributed by atoms with E-state index in [1.165, 1.54) is 11.1 Å². The predicted molar refractivity (Wildman–Crippen MR) is 88.3 cm³/mol. The first-order valence-corrected chi connectivity index (χ1v) is 7.92. The summed E-state index contributed by atoms with van der Waals surface area (Å²) < 4.78 is 0.927. The van der Waals surface area contributed by atoms with Gasteiger partial charge in [-0.3, -0.25) is 0 Å². The van der Waals surface area contributed by atoms with Crippen molar-refractivity contribution in [3.63, 3.8) is 0 Å². The van der Waals surface area contributed by atoms with Gasteiger partial charge in [0, 0.05) is 6.54 Å². The lowest BCUT2D eigenvalue weighted by atomic mass is 9.99. The summed E-state index contributed by atoms with van der Waals surface area (Å²) in [6.07, 6.45) is 1.05. The van der Waals surface area contributed by atoms with Gasteiger partial charge >= 0.3 is 0 Å². The van der Waals surface area contributed by atoms with Crippen LogP contribution in [0.2, 0.25) is 5.02 Å². The maximum absolute atomic E-state index is 6.16. The Morgan fingerprint density at radius 1 is 1.15 bits per heavy atom. The summed E-state index contributed by atoms with van der Waals surface area (Å²) in [6, 6.07) is 14.8. The van der Waals surface area contributed by atoms with E-state index in [1.54, 1.807) is 0 Å². The molecule has 1 aliphatic rings. The monoisotopic (exact) mass is 350 g/mol. The Hall–Kier alpha value is -1.03. The minimum absolute atomic E-state index is 0.302. The zero-order chi connectivity index (χ0) is 13.9. The first-order valence-electron chi connectivity index (χ1n) is 6.75. The highest BCUT2D eigenvalue weighted by Gasteiger charge is 2.18. The van der Waals surface area contributed by atoms with Gasteiger partial charge in [0.15, 0.2) is 0 Å². The lowest BCUT2D eigenvalue weighted by Crippen LogP contribution is -2.15. The molecule has 0 saturated carbocycles. The van der Waals surface area contributed by atoms with Crippen LogP contribution in [0.15, 0.2) is 46.9 Å². The maximum Gasteiger partial charge on any atom is 0.0593 e. The van der Waals surface area contributed by atoms with Crippen LogP contribution in [0, 0.1) is 0 Å². The summed E-state index contributed by atoms with van der Waals surface area (Å²) in [5.41, 5.74) is 3.77. The second kappa shape index (κ2) is 6.17. The molecule has 2 nitrogen and oxygen atoms in total. The third kappa shape index (κ3) is 2.85. The summed E-state index contributed by atoms with van der Waals surface area (Å²) in [5.74, 6) is 0. The Bertz CT molecular complexity index is 615. The molecule has 1 unspecified atom stereocenters. The molecule has 4 heteroatoms. The third-order valence-electron chi connectivity index (χ3n) is 3.64. The number of benzene rings is 2. The minimum Gasteiger partial charge on any atom is -0.377 e. The molecule has 3 rings (SSSR count). The number of fused-ring (bicyclic) bond motifs is 1. The molecule has 2 N–H and O–H groups in total. The summed E-state index contributed by atoms with van der Waals surface area (Å²) in [5, 5.41) is 7.81. The van der Waals surface area contributed by atoms with Crippen LogP contribution in [0.1, 0.15) is 23.6 Å². The fourth-order valence-electron chi connectivity index (χ4n) is 2.61. The molecular weight excluding hydrogens is 336 g/mol. The van der Waals surface area contributed by atoms with Gasteiger partial charge < -0.3 is 10.6 Å². The van der Waals surface area contributed by atoms with Crippen molar-refractivity contribution in [3.8, 4) is 0 Å². The Morgan fingerprint density at radius 2 is 2.00 bits per heavy atom. The Kier molecular flexibility index (Phi) is 4.29. The Balaban J connectivity index is 1.92. The minimum atomic E-state index is 0.302. The highest BCUT2D eigenvalue weighted by molar-refractivity contribution is 9.10. The van der Waals surface area contributed by atoms with Crippen LogP contribution in [-0.2, 0) is 6.54 Å². The molecule has 0 aliphatic carbocycles. The van der Waals surface area contributed by atoms with Gasteiger partial charge in [-0.05, 0) is 52.2 Å². The molecule has 0 saturated heterocycles. The molecular formula is C16H16BrClN2. The van der Waals surface area contributed by atoms with E-state index in [1.807, 2.05) is 12.1 Å². The lowest BCUT2D eigenvalue weighted by Gasteiger charge is -2.21. The van der Waals surface area contributed by atoms with Crippen LogP contribution in [0.4, 0.5) is 5.69 Å². The van der Waals surface area contributed by atoms with Crippen LogP contribution >= 0.6 is 27.5 Å². The maximum atomic E-state index is 6.16. The number of hydrogen-bond donors (Lipinski definition) is 2. The number of rotatable bonds is 2. The van der Waals surface area contributed by atoms with Crippen LogP contribution in [-0.4, -0.2) is 6.54 Å². The quantitative estimate of drug-likeness (QED) is 0.816. The van der Waals surface area contributed by atoms with Gasteiger partial charge in [-0.2, -0.15) is 0 Å². The van der Waals surface area contributed by atoms with Gasteiger partial charge in [0.25, 0.3) is 0 Å². The molecule has 0 spiro atoms. The molecule has 0 amide bonds. The second-order valence-electron chi connectivity index (χ2n) is 4.96. The van der Waals surface area contributed by atoms with Gasteiger partial charge in [0.1, 0.15) is 0 Å². The highest BCUT2D eigenvalue weighted by Crippen LogP contribution is 2.34. The van der Waals surface area contributed by atoms with Crippen molar-refractivity contribution in [1.82, 2.24) is 5.32 Å². The van der Waals surface area contributed by atoms with Crippen molar-refractivity contribution in [2.24, 2.45) is 0 Å². The Morgan fingerprint density at radius 3 is 2.90 bits per heavy atom. The second-order valence-corrected chi connectivity index (χ2v) is 6.16. The van der Waals surface area contributed by atoms with Crippen LogP contribution < -0.4 is 10.6 Å². The zero-order valence-electron chi connectivity index (χ0n) is 11.0. The van der Waals surface area contributed by atoms with Gasteiger partial charge in [-0.1, -0.05) is 41.9 Å². The Labute approximate surface area is 132 Å². The fraction of sp³-hybridized carbons (Fsp3) is 0.250. The van der Waals surface area contributed by atoms with Crippen molar-refractivity contribution in [3.05, 3.63) is 63.1 Å². The van der Waals surface area contributed by atoms with E-state index in [0.29, 0.717) is 6.04 Å². The standard InChI is InChI=1S/C16H16BrClN2/c17-16-13(18)6-3-7-15(16)20-14-8-9-19-10-11-4-1-2-5-12(11)14/h1-7,14,19-20H,8-10H2. The lowest BCUT2D eigenvalue weighted by molar-refractivity contribution is 0.637. The molecule has 1 heterocycles. The molecule has 1 atom stereocenters. The van der Waals surface area contributed by atoms with E-state index >= 15 is 0 Å². The topological polar surface area (TPSA) is 24.1 Å². The summed E-state index contributed by atoms with van der Waals surface area (Å²) in [4.78, 5) is 0. The molecule has 0 bridgehead atoms. The number of anilines is 1. The van der Waals surface area contributed by atoms with Crippen LogP contribution in [0.5, 0.6) is 0 Å². The molecule has 0 aromatic heterocycles. The summed E-state index contributed by atoms with van der Waals surface area (Å²) in [6.45, 7) is 1.94. The van der Waals surface area contributed by atoms with E-state index in [9.17, 15) is 0 Å². The van der Waals surface area contributed by atoms with Crippen molar-refractivity contribution < 1.29 is 0 Å². The molecule has 0 radical (unpaired) electrons. The smallest absolute Gasteiger partial charge is 0.0593 e. The largest absolute Gasteiger partial charge is 0.377 e. The van der Waals surface area contributed by atoms with Crippen molar-refractivity contribution in [2.45, 2.75) is 19.0 Å². The SMILES string of the molecule is Clc1cccc(NC2CCNCc3ccccc32)c1Br. The highest BCUT2D eigenvalue weighted by atomic mass is 79.9. The average molecular weight is 352 g/mol. The van der Waals surface area contributed by atoms with E-state index in [-0.39, 0.29) is 0 Å². The van der Waals surface area contributed by atoms with Crippen molar-refractivity contribution >= 4 is 33.2 Å². The summed E-state index contributed by atoms with van der Waals surface area (Å²) in [7, 11) is 0. The van der Waals surface area contributed by atoms with E-state index in [4.69, 9.17) is 11.6 Å². The number of hydrogen-bond acceptors (Lipinski definition) is 2. The molecule has 2 aromatic rings. The predicted octanol–water partition coefficient (Wildman–Crippen LogP) is 4.75. The van der Waals surface area contributed by atoms with Crippen molar-refractivity contribution in [2.75, 3.05) is 11.9 Å². The van der Waals surface area contributed by atoms with E-state index in [2.05, 4.69) is 56.9 Å². The van der Waals surface area contributed by atoms with Gasteiger partial charge in [-0.25, -0.2) is 0 Å². The zero-order valence-corrected chi connectivity index (χ0v) is 13.3. The van der Waals surface area contributed by atoms with Gasteiger partial charge in [-0.15, -0.1) is 0 Å². The third-order valence-corrected chi connectivity index (χ3v) is 5.03. The van der Waals surface area contributed by atoms with Crippen LogP contribution in [0.25, 0.3) is 0 Å². The average Bonchev–Trinajstić information content (AvgIpc) is 2.67. The van der Waals surface area contributed by atoms with Gasteiger partial charge in [0.05, 0.1) is 21.2 Å². The molecule has 1 aliphatic heterocycles. The van der Waals surface area contributed by atoms with E-state index in [0.717, 1.165) is 34.7 Å². The number of halogens is 2. The summed E-state index contributed by atoms with van der Waals surface area (Å²) >= 11 is 9.72. The molecule has 104 valence electrons. The number of nitrogens with one attached hydrogen (secondary N) is 2.